The zero-order valence-electron chi connectivity index (χ0n) is 37.9. The van der Waals surface area contributed by atoms with E-state index < -0.39 is 0 Å². The Labute approximate surface area is 358 Å². The molecule has 0 aliphatic rings. The van der Waals surface area contributed by atoms with Gasteiger partial charge in [0.25, 0.3) is 0 Å². The molecular weight excluding hydrogens is 749 g/mol. The second kappa shape index (κ2) is 14.0. The number of nitrogens with zero attached hydrogens (tertiary/aromatic N) is 4. The van der Waals surface area contributed by atoms with E-state index in [-0.39, 0.29) is 36.3 Å². The number of para-hydroxylation sites is 2. The molecule has 3 aromatic heterocycles. The third kappa shape index (κ3) is 5.63. The highest BCUT2D eigenvalue weighted by molar-refractivity contribution is 7.26. The summed E-state index contributed by atoms with van der Waals surface area (Å²) < 4.78 is 57.1. The van der Waals surface area contributed by atoms with Crippen molar-refractivity contribution in [2.45, 2.75) is 0 Å². The molecule has 0 atom stereocenters. The van der Waals surface area contributed by atoms with Gasteiger partial charge in [-0.25, -0.2) is 15.0 Å². The summed E-state index contributed by atoms with van der Waals surface area (Å²) in [5, 5.41) is 5.01. The molecule has 0 radical (unpaired) electrons. The van der Waals surface area contributed by atoms with Gasteiger partial charge in [-0.15, -0.1) is 11.3 Å². The average molecular weight is 789 g/mol. The van der Waals surface area contributed by atoms with Gasteiger partial charge >= 0.3 is 0 Å². The Kier molecular flexibility index (Phi) is 6.67. The molecule has 12 rings (SSSR count). The molecule has 280 valence electrons. The molecule has 0 spiro atoms. The van der Waals surface area contributed by atoms with Gasteiger partial charge in [0.2, 0.25) is 0 Å². The van der Waals surface area contributed by atoms with Crippen LogP contribution in [0.4, 0.5) is 0 Å². The maximum absolute atomic E-state index is 9.53. The van der Waals surface area contributed by atoms with Crippen molar-refractivity contribution in [1.82, 2.24) is 19.5 Å². The molecule has 0 N–H and O–H groups in total. The fourth-order valence-electron chi connectivity index (χ4n) is 8.44. The number of rotatable bonds is 6. The van der Waals surface area contributed by atoms with Crippen LogP contribution in [0, 0.1) is 0 Å². The first-order valence-electron chi connectivity index (χ1n) is 22.7. The summed E-state index contributed by atoms with van der Waals surface area (Å²) in [7, 11) is 0. The molecule has 3 heterocycles. The summed E-state index contributed by atoms with van der Waals surface area (Å²) in [6.45, 7) is 0. The summed E-state index contributed by atoms with van der Waals surface area (Å²) >= 11 is 1.23. The first-order valence-corrected chi connectivity index (χ1v) is 20.5. The van der Waals surface area contributed by atoms with Crippen molar-refractivity contribution in [1.29, 1.82) is 0 Å². The first kappa shape index (κ1) is 28.6. The smallest absolute Gasteiger partial charge is 0.164 e. The average Bonchev–Trinajstić information content (AvgIpc) is 3.93. The largest absolute Gasteiger partial charge is 0.309 e. The SMILES string of the molecule is [2H]c1cc([2H])c2sc3c(-c4ccc(-c5nc(-c6ccccc6)nc(-c6ccc(-c7cccc8ccccc78)cc6)n5)cc4-n4c5ccccc5c5ccccc54)c([2H])c([2H])c([2H])c3c2c1[2H]. The molecule has 9 aromatic carbocycles. The minimum absolute atomic E-state index is 0.0663. The maximum Gasteiger partial charge on any atom is 0.164 e. The molecule has 4 nitrogen and oxygen atoms in total. The van der Waals surface area contributed by atoms with E-state index in [1.807, 2.05) is 84.9 Å². The van der Waals surface area contributed by atoms with Crippen molar-refractivity contribution in [3.63, 3.8) is 0 Å². The third-order valence-electron chi connectivity index (χ3n) is 11.2. The maximum atomic E-state index is 9.53. The van der Waals surface area contributed by atoms with Crippen molar-refractivity contribution < 1.29 is 8.22 Å². The highest BCUT2D eigenvalue weighted by Crippen LogP contribution is 2.44. The molecule has 0 saturated heterocycles. The Morgan fingerprint density at radius 1 is 0.400 bits per heavy atom. The highest BCUT2D eigenvalue weighted by atomic mass is 32.1. The van der Waals surface area contributed by atoms with Gasteiger partial charge in [0.05, 0.1) is 24.9 Å². The van der Waals surface area contributed by atoms with Gasteiger partial charge in [0.1, 0.15) is 0 Å². The molecule has 60 heavy (non-hydrogen) atoms. The van der Waals surface area contributed by atoms with Crippen LogP contribution >= 0.6 is 11.3 Å². The van der Waals surface area contributed by atoms with Crippen molar-refractivity contribution in [3.8, 4) is 62.1 Å². The molecule has 12 aromatic rings. The fraction of sp³-hybridized carbons (Fsp3) is 0. The van der Waals surface area contributed by atoms with Crippen molar-refractivity contribution in [3.05, 3.63) is 206 Å². The predicted molar refractivity (Wildman–Crippen MR) is 252 cm³/mol. The van der Waals surface area contributed by atoms with Crippen molar-refractivity contribution in [2.24, 2.45) is 0 Å². The Balaban J connectivity index is 1.12. The normalized spacial score (nSPS) is 13.1. The highest BCUT2D eigenvalue weighted by Gasteiger charge is 2.21. The molecule has 0 aliphatic heterocycles. The van der Waals surface area contributed by atoms with E-state index in [1.54, 1.807) is 0 Å². The van der Waals surface area contributed by atoms with Gasteiger partial charge in [-0.3, -0.25) is 0 Å². The summed E-state index contributed by atoms with van der Waals surface area (Å²) in [5.74, 6) is 1.45. The van der Waals surface area contributed by atoms with Crippen LogP contribution < -0.4 is 0 Å². The van der Waals surface area contributed by atoms with Crippen LogP contribution in [0.25, 0.3) is 115 Å². The quantitative estimate of drug-likeness (QED) is 0.169. The van der Waals surface area contributed by atoms with Crippen molar-refractivity contribution >= 4 is 64.1 Å². The summed E-state index contributed by atoms with van der Waals surface area (Å²) in [6.07, 6.45) is 0. The van der Waals surface area contributed by atoms with E-state index in [9.17, 15) is 1.37 Å². The number of hydrogen-bond donors (Lipinski definition) is 0. The van der Waals surface area contributed by atoms with Crippen LogP contribution in [-0.2, 0) is 0 Å². The Morgan fingerprint density at radius 2 is 1.00 bits per heavy atom. The minimum Gasteiger partial charge on any atom is -0.309 e. The summed E-state index contributed by atoms with van der Waals surface area (Å²) in [4.78, 5) is 15.3. The molecule has 5 heteroatoms. The van der Waals surface area contributed by atoms with Crippen LogP contribution in [0.15, 0.2) is 206 Å². The number of benzene rings is 9. The Morgan fingerprint density at radius 3 is 1.77 bits per heavy atom. The minimum atomic E-state index is -0.295. The topological polar surface area (TPSA) is 43.6 Å². The van der Waals surface area contributed by atoms with Crippen LogP contribution in [0.3, 0.4) is 0 Å². The van der Waals surface area contributed by atoms with E-state index in [0.29, 0.717) is 60.0 Å². The van der Waals surface area contributed by atoms with Crippen LogP contribution in [0.2, 0.25) is 0 Å². The summed E-state index contributed by atoms with van der Waals surface area (Å²) in [5.41, 5.74) is 8.12. The number of thiophene rings is 1. The van der Waals surface area contributed by atoms with E-state index in [1.165, 1.54) is 28.2 Å². The molecule has 0 bridgehead atoms. The Hall–Kier alpha value is -7.73. The van der Waals surface area contributed by atoms with Gasteiger partial charge in [0, 0.05) is 58.8 Å². The molecule has 0 saturated carbocycles. The zero-order chi connectivity index (χ0) is 44.8. The number of hydrogen-bond acceptors (Lipinski definition) is 4. The monoisotopic (exact) mass is 788 g/mol. The lowest BCUT2D eigenvalue weighted by Gasteiger charge is -2.17. The van der Waals surface area contributed by atoms with Gasteiger partial charge in [-0.05, 0) is 46.1 Å². The second-order valence-electron chi connectivity index (χ2n) is 14.7. The van der Waals surface area contributed by atoms with E-state index >= 15 is 0 Å². The van der Waals surface area contributed by atoms with E-state index in [0.717, 1.165) is 44.1 Å². The lowest BCUT2D eigenvalue weighted by Crippen LogP contribution is -2.02. The Bertz CT molecular complexity index is 3900. The van der Waals surface area contributed by atoms with Crippen molar-refractivity contribution in [2.75, 3.05) is 0 Å². The van der Waals surface area contributed by atoms with E-state index in [4.69, 9.17) is 21.8 Å². The summed E-state index contributed by atoms with van der Waals surface area (Å²) in [6, 6.07) is 55.6. The fourth-order valence-corrected chi connectivity index (χ4v) is 9.53. The van der Waals surface area contributed by atoms with Gasteiger partial charge < -0.3 is 4.57 Å². The molecule has 0 aliphatic carbocycles. The molecule has 0 unspecified atom stereocenters. The second-order valence-corrected chi connectivity index (χ2v) is 15.7. The molecule has 0 amide bonds. The number of aromatic nitrogens is 4. The first-order chi connectivity index (χ1) is 32.2. The zero-order valence-corrected chi connectivity index (χ0v) is 32.7. The molecular formula is C55H34N4S. The standard InChI is InChI=1S/C55H34N4S/c1-2-15-37(16-3-1)53-56-54(38-30-28-36(29-31-38)41-22-12-17-35-14-4-5-18-40(35)41)58-55(57-53)39-32-33-44(46-23-13-24-47-45-21-8-11-27-51(45)60-52(46)47)50(34-39)59-48-25-9-6-19-42(48)43-20-7-10-26-49(43)59/h1-34H/i8D,13D,21D,23D,24D,27D. The number of fused-ring (bicyclic) bond motifs is 7. The lowest BCUT2D eigenvalue weighted by molar-refractivity contribution is 1.07. The van der Waals surface area contributed by atoms with Crippen LogP contribution in [0.5, 0.6) is 0 Å². The lowest BCUT2D eigenvalue weighted by atomic mass is 9.97. The van der Waals surface area contributed by atoms with Crippen LogP contribution in [-0.4, -0.2) is 19.5 Å². The predicted octanol–water partition coefficient (Wildman–Crippen LogP) is 14.8. The third-order valence-corrected chi connectivity index (χ3v) is 12.4. The van der Waals surface area contributed by atoms with Gasteiger partial charge in [0.15, 0.2) is 17.5 Å². The molecule has 0 fully saturated rings. The van der Waals surface area contributed by atoms with Gasteiger partial charge in [-0.1, -0.05) is 182 Å². The van der Waals surface area contributed by atoms with Crippen LogP contribution in [0.1, 0.15) is 8.22 Å². The van der Waals surface area contributed by atoms with Gasteiger partial charge in [-0.2, -0.15) is 0 Å². The van der Waals surface area contributed by atoms with E-state index in [2.05, 4.69) is 83.4 Å².